The van der Waals surface area contributed by atoms with Crippen molar-refractivity contribution in [2.75, 3.05) is 13.1 Å². The number of aryl methyl sites for hydroxylation is 1. The highest BCUT2D eigenvalue weighted by Gasteiger charge is 2.32. The molecule has 1 aromatic heterocycles. The number of hydrogen-bond donors (Lipinski definition) is 1. The topological polar surface area (TPSA) is 42.1 Å². The molecule has 0 radical (unpaired) electrons. The van der Waals surface area contributed by atoms with Crippen molar-refractivity contribution in [2.45, 2.75) is 65.5 Å². The molecule has 0 bridgehead atoms. The van der Waals surface area contributed by atoms with Crippen LogP contribution in [0.15, 0.2) is 18.2 Å². The fourth-order valence-electron chi connectivity index (χ4n) is 2.94. The van der Waals surface area contributed by atoms with Crippen LogP contribution in [0.4, 0.5) is 0 Å². The Hall–Kier alpha value is -0.930. The molecule has 3 nitrogen and oxygen atoms in total. The second-order valence-corrected chi connectivity index (χ2v) is 5.67. The lowest BCUT2D eigenvalue weighted by Crippen LogP contribution is -2.53. The Kier molecular flexibility index (Phi) is 7.17. The summed E-state index contributed by atoms with van der Waals surface area (Å²) < 4.78 is 0. The Balaban J connectivity index is 2.89. The summed E-state index contributed by atoms with van der Waals surface area (Å²) in [4.78, 5) is 7.16. The van der Waals surface area contributed by atoms with Crippen molar-refractivity contribution in [3.63, 3.8) is 0 Å². The molecule has 0 fully saturated rings. The van der Waals surface area contributed by atoms with Gasteiger partial charge in [-0.2, -0.15) is 0 Å². The predicted molar refractivity (Wildman–Crippen MR) is 86.7 cm³/mol. The van der Waals surface area contributed by atoms with Crippen LogP contribution >= 0.6 is 0 Å². The molecular weight excluding hydrogens is 246 g/mol. The highest BCUT2D eigenvalue weighted by atomic mass is 15.2. The predicted octanol–water partition coefficient (Wildman–Crippen LogP) is 3.51. The van der Waals surface area contributed by atoms with Gasteiger partial charge in [0.15, 0.2) is 0 Å². The van der Waals surface area contributed by atoms with Crippen LogP contribution in [0.5, 0.6) is 0 Å². The summed E-state index contributed by atoms with van der Waals surface area (Å²) in [5.41, 5.74) is 8.51. The van der Waals surface area contributed by atoms with E-state index in [4.69, 9.17) is 5.73 Å². The van der Waals surface area contributed by atoms with Crippen LogP contribution in [0.1, 0.15) is 57.8 Å². The summed E-state index contributed by atoms with van der Waals surface area (Å²) >= 11 is 0. The van der Waals surface area contributed by atoms with Gasteiger partial charge < -0.3 is 5.73 Å². The average Bonchev–Trinajstić information content (AvgIpc) is 2.47. The van der Waals surface area contributed by atoms with Gasteiger partial charge in [-0.25, -0.2) is 0 Å². The number of nitrogens with zero attached hydrogens (tertiary/aromatic N) is 2. The molecule has 1 unspecified atom stereocenters. The SMILES string of the molecule is CCCCC(CC)(CN)N(CC)Cc1cccc(C)n1. The summed E-state index contributed by atoms with van der Waals surface area (Å²) in [5.74, 6) is 0. The minimum Gasteiger partial charge on any atom is -0.329 e. The maximum Gasteiger partial charge on any atom is 0.0547 e. The minimum atomic E-state index is 0.121. The molecule has 1 atom stereocenters. The molecule has 114 valence electrons. The van der Waals surface area contributed by atoms with E-state index in [-0.39, 0.29) is 5.54 Å². The first-order chi connectivity index (χ1) is 9.61. The van der Waals surface area contributed by atoms with Crippen molar-refractivity contribution in [1.82, 2.24) is 9.88 Å². The van der Waals surface area contributed by atoms with Gasteiger partial charge in [-0.3, -0.25) is 9.88 Å². The Morgan fingerprint density at radius 2 is 2.00 bits per heavy atom. The number of pyridine rings is 1. The molecule has 1 heterocycles. The van der Waals surface area contributed by atoms with Crippen molar-refractivity contribution in [1.29, 1.82) is 0 Å². The van der Waals surface area contributed by atoms with E-state index in [1.165, 1.54) is 19.3 Å². The third-order valence-corrected chi connectivity index (χ3v) is 4.39. The molecule has 20 heavy (non-hydrogen) atoms. The van der Waals surface area contributed by atoms with E-state index in [1.807, 2.05) is 13.0 Å². The fraction of sp³-hybridized carbons (Fsp3) is 0.706. The van der Waals surface area contributed by atoms with Crippen LogP contribution in [0, 0.1) is 6.92 Å². The monoisotopic (exact) mass is 277 g/mol. The molecule has 0 aliphatic rings. The summed E-state index contributed by atoms with van der Waals surface area (Å²) in [5, 5.41) is 0. The Morgan fingerprint density at radius 3 is 2.50 bits per heavy atom. The van der Waals surface area contributed by atoms with Crippen LogP contribution in [0.3, 0.4) is 0 Å². The molecule has 0 aliphatic heterocycles. The molecular formula is C17H31N3. The quantitative estimate of drug-likeness (QED) is 0.751. The van der Waals surface area contributed by atoms with E-state index in [2.05, 4.69) is 42.8 Å². The van der Waals surface area contributed by atoms with E-state index in [0.29, 0.717) is 0 Å². The van der Waals surface area contributed by atoms with Gasteiger partial charge in [-0.1, -0.05) is 39.7 Å². The smallest absolute Gasteiger partial charge is 0.0547 e. The van der Waals surface area contributed by atoms with Crippen molar-refractivity contribution in [3.8, 4) is 0 Å². The van der Waals surface area contributed by atoms with Crippen molar-refractivity contribution < 1.29 is 0 Å². The molecule has 2 N–H and O–H groups in total. The first kappa shape index (κ1) is 17.1. The molecule has 0 spiro atoms. The molecule has 0 aromatic carbocycles. The second-order valence-electron chi connectivity index (χ2n) is 5.67. The lowest BCUT2D eigenvalue weighted by Gasteiger charge is -2.42. The van der Waals surface area contributed by atoms with Crippen LogP contribution in [-0.4, -0.2) is 28.5 Å². The standard InChI is InChI=1S/C17H31N3/c1-5-8-12-17(6-2,14-18)20(7-3)13-16-11-9-10-15(4)19-16/h9-11H,5-8,12-14,18H2,1-4H3. The van der Waals surface area contributed by atoms with Gasteiger partial charge in [0.2, 0.25) is 0 Å². The van der Waals surface area contributed by atoms with Gasteiger partial charge in [0, 0.05) is 24.3 Å². The number of unbranched alkanes of at least 4 members (excludes halogenated alkanes) is 1. The minimum absolute atomic E-state index is 0.121. The lowest BCUT2D eigenvalue weighted by molar-refractivity contribution is 0.0746. The van der Waals surface area contributed by atoms with Gasteiger partial charge >= 0.3 is 0 Å². The molecule has 1 rings (SSSR count). The number of nitrogens with two attached hydrogens (primary N) is 1. The van der Waals surface area contributed by atoms with Crippen LogP contribution in [0.25, 0.3) is 0 Å². The molecule has 0 saturated carbocycles. The highest BCUT2D eigenvalue weighted by molar-refractivity contribution is 5.10. The molecule has 1 aromatic rings. The maximum absolute atomic E-state index is 6.16. The molecule has 0 aliphatic carbocycles. The summed E-state index contributed by atoms with van der Waals surface area (Å²) in [7, 11) is 0. The van der Waals surface area contributed by atoms with Gasteiger partial charge in [0.1, 0.15) is 0 Å². The summed E-state index contributed by atoms with van der Waals surface area (Å²) in [6.07, 6.45) is 4.74. The average molecular weight is 277 g/mol. The first-order valence-electron chi connectivity index (χ1n) is 7.99. The number of aromatic nitrogens is 1. The molecule has 3 heteroatoms. The van der Waals surface area contributed by atoms with Gasteiger partial charge in [0.05, 0.1) is 5.69 Å². The Morgan fingerprint density at radius 1 is 1.25 bits per heavy atom. The van der Waals surface area contributed by atoms with Crippen LogP contribution in [0.2, 0.25) is 0 Å². The summed E-state index contributed by atoms with van der Waals surface area (Å²) in [6, 6.07) is 6.26. The van der Waals surface area contributed by atoms with Crippen molar-refractivity contribution in [2.24, 2.45) is 5.73 Å². The number of hydrogen-bond acceptors (Lipinski definition) is 3. The van der Waals surface area contributed by atoms with Gasteiger partial charge in [-0.15, -0.1) is 0 Å². The zero-order chi connectivity index (χ0) is 15.0. The number of rotatable bonds is 9. The van der Waals surface area contributed by atoms with E-state index in [9.17, 15) is 0 Å². The van der Waals surface area contributed by atoms with E-state index < -0.39 is 0 Å². The van der Waals surface area contributed by atoms with Crippen LogP contribution in [-0.2, 0) is 6.54 Å². The zero-order valence-electron chi connectivity index (χ0n) is 13.7. The summed E-state index contributed by atoms with van der Waals surface area (Å²) in [6.45, 7) is 11.4. The van der Waals surface area contributed by atoms with Gasteiger partial charge in [-0.05, 0) is 38.4 Å². The van der Waals surface area contributed by atoms with E-state index in [0.717, 1.165) is 37.4 Å². The maximum atomic E-state index is 6.16. The third-order valence-electron chi connectivity index (χ3n) is 4.39. The lowest BCUT2D eigenvalue weighted by atomic mass is 9.87. The van der Waals surface area contributed by atoms with Crippen molar-refractivity contribution in [3.05, 3.63) is 29.6 Å². The fourth-order valence-corrected chi connectivity index (χ4v) is 2.94. The normalized spacial score (nSPS) is 14.5. The number of likely N-dealkylation sites (N-methyl/N-ethyl adjacent to an activating group) is 1. The first-order valence-corrected chi connectivity index (χ1v) is 7.99. The van der Waals surface area contributed by atoms with E-state index >= 15 is 0 Å². The zero-order valence-corrected chi connectivity index (χ0v) is 13.7. The highest BCUT2D eigenvalue weighted by Crippen LogP contribution is 2.27. The largest absolute Gasteiger partial charge is 0.329 e. The Labute approximate surface area is 124 Å². The molecule has 0 amide bonds. The van der Waals surface area contributed by atoms with Gasteiger partial charge in [0.25, 0.3) is 0 Å². The molecule has 0 saturated heterocycles. The van der Waals surface area contributed by atoms with Crippen molar-refractivity contribution >= 4 is 0 Å². The van der Waals surface area contributed by atoms with E-state index in [1.54, 1.807) is 0 Å². The second kappa shape index (κ2) is 8.38. The third kappa shape index (κ3) is 4.29. The Bertz CT molecular complexity index is 386. The van der Waals surface area contributed by atoms with Crippen LogP contribution < -0.4 is 5.73 Å².